The molecule has 0 aromatic rings. The van der Waals surface area contributed by atoms with Crippen molar-refractivity contribution < 1.29 is 29.2 Å². The third kappa shape index (κ3) is 1.84. The number of methoxy groups -OCH3 is 1. The summed E-state index contributed by atoms with van der Waals surface area (Å²) < 4.78 is 17.7. The van der Waals surface area contributed by atoms with Crippen LogP contribution < -0.4 is 0 Å². The van der Waals surface area contributed by atoms with E-state index >= 15 is 0 Å². The van der Waals surface area contributed by atoms with Crippen LogP contribution in [-0.4, -0.2) is 48.1 Å². The lowest BCUT2D eigenvalue weighted by Gasteiger charge is -2.62. The second-order valence-electron chi connectivity index (χ2n) is 10.0. The lowest BCUT2D eigenvalue weighted by molar-refractivity contribution is -0.288. The summed E-state index contributed by atoms with van der Waals surface area (Å²) in [7, 11) is 1.60. The highest BCUT2D eigenvalue weighted by Crippen LogP contribution is 2.73. The van der Waals surface area contributed by atoms with Crippen LogP contribution in [0.3, 0.4) is 0 Å². The van der Waals surface area contributed by atoms with E-state index in [0.29, 0.717) is 12.8 Å². The Bertz CT molecular complexity index is 703. The molecule has 3 aliphatic carbocycles. The van der Waals surface area contributed by atoms with Gasteiger partial charge in [-0.3, -0.25) is 4.79 Å². The van der Waals surface area contributed by atoms with Crippen molar-refractivity contribution >= 4 is 5.97 Å². The van der Waals surface area contributed by atoms with Crippen molar-refractivity contribution in [1.29, 1.82) is 0 Å². The van der Waals surface area contributed by atoms with Gasteiger partial charge in [0.05, 0.1) is 17.6 Å². The van der Waals surface area contributed by atoms with Gasteiger partial charge >= 0.3 is 5.97 Å². The van der Waals surface area contributed by atoms with E-state index in [4.69, 9.17) is 14.2 Å². The van der Waals surface area contributed by atoms with E-state index in [1.165, 1.54) is 0 Å². The van der Waals surface area contributed by atoms with Crippen molar-refractivity contribution in [2.24, 2.45) is 34.0 Å². The normalized spacial score (nSPS) is 55.5. The number of rotatable bonds is 1. The van der Waals surface area contributed by atoms with Gasteiger partial charge in [-0.25, -0.2) is 0 Å². The predicted octanol–water partition coefficient (Wildman–Crippen LogP) is 1.99. The number of fused-ring (bicyclic) bond motifs is 1. The van der Waals surface area contributed by atoms with E-state index in [1.807, 2.05) is 0 Å². The van der Waals surface area contributed by atoms with E-state index in [9.17, 15) is 15.0 Å². The van der Waals surface area contributed by atoms with Crippen molar-refractivity contribution in [3.05, 3.63) is 12.2 Å². The number of aliphatic hydroxyl groups is 2. The van der Waals surface area contributed by atoms with Crippen molar-refractivity contribution in [3.63, 3.8) is 0 Å². The smallest absolute Gasteiger partial charge is 0.317 e. The van der Waals surface area contributed by atoms with Gasteiger partial charge < -0.3 is 24.4 Å². The lowest BCUT2D eigenvalue weighted by Crippen LogP contribution is -2.69. The number of carbonyl (C=O) groups is 1. The highest BCUT2D eigenvalue weighted by molar-refractivity contribution is 5.81. The van der Waals surface area contributed by atoms with Gasteiger partial charge in [0.15, 0.2) is 6.29 Å². The van der Waals surface area contributed by atoms with Gasteiger partial charge in [0.1, 0.15) is 5.41 Å². The van der Waals surface area contributed by atoms with Crippen LogP contribution >= 0.6 is 0 Å². The summed E-state index contributed by atoms with van der Waals surface area (Å²) in [6.45, 7) is 8.45. The molecular formula is C21H30O6. The van der Waals surface area contributed by atoms with Crippen LogP contribution in [0.2, 0.25) is 0 Å². The number of hydrogen-bond acceptors (Lipinski definition) is 6. The van der Waals surface area contributed by atoms with Gasteiger partial charge in [0.2, 0.25) is 6.29 Å². The molecule has 6 heteroatoms. The Labute approximate surface area is 159 Å². The SMILES string of the molecule is C=C1C2CCC3C(C2)(C(=O)OC2OC(OC)C4C(C)(C)CCC(O)C243)C1O. The molecule has 3 saturated carbocycles. The number of hydrogen-bond donors (Lipinski definition) is 2. The van der Waals surface area contributed by atoms with Crippen LogP contribution in [0.25, 0.3) is 0 Å². The molecule has 0 aromatic heterocycles. The molecule has 27 heavy (non-hydrogen) atoms. The molecule has 5 fully saturated rings. The summed E-state index contributed by atoms with van der Waals surface area (Å²) in [5, 5.41) is 22.5. The number of carbonyl (C=O) groups excluding carboxylic acids is 1. The zero-order valence-electron chi connectivity index (χ0n) is 16.3. The van der Waals surface area contributed by atoms with Crippen LogP contribution in [0.15, 0.2) is 12.2 Å². The molecule has 9 atom stereocenters. The number of esters is 1. The minimum atomic E-state index is -1.02. The second kappa shape index (κ2) is 5.35. The first-order chi connectivity index (χ1) is 12.7. The first-order valence-electron chi connectivity index (χ1n) is 10.2. The maximum Gasteiger partial charge on any atom is 0.317 e. The Morgan fingerprint density at radius 1 is 1.22 bits per heavy atom. The third-order valence-corrected chi connectivity index (χ3v) is 8.76. The van der Waals surface area contributed by atoms with Gasteiger partial charge in [0, 0.05) is 13.0 Å². The van der Waals surface area contributed by atoms with Gasteiger partial charge in [-0.1, -0.05) is 20.4 Å². The zero-order valence-corrected chi connectivity index (χ0v) is 16.3. The molecule has 0 amide bonds. The first kappa shape index (κ1) is 18.1. The molecule has 5 rings (SSSR count). The molecule has 2 heterocycles. The lowest BCUT2D eigenvalue weighted by atomic mass is 9.43. The zero-order chi connectivity index (χ0) is 19.4. The summed E-state index contributed by atoms with van der Waals surface area (Å²) in [6.07, 6.45) is 0.725. The summed E-state index contributed by atoms with van der Waals surface area (Å²) in [5.74, 6) is -0.577. The summed E-state index contributed by atoms with van der Waals surface area (Å²) in [5.41, 5.74) is -1.17. The molecule has 6 nitrogen and oxygen atoms in total. The number of ether oxygens (including phenoxy) is 3. The van der Waals surface area contributed by atoms with Gasteiger partial charge in [-0.2, -0.15) is 0 Å². The van der Waals surface area contributed by atoms with Gasteiger partial charge in [-0.05, 0) is 54.9 Å². The van der Waals surface area contributed by atoms with Gasteiger partial charge in [0.25, 0.3) is 0 Å². The fourth-order valence-corrected chi connectivity index (χ4v) is 7.65. The molecule has 2 spiro atoms. The molecule has 0 aromatic carbocycles. The fraction of sp³-hybridized carbons (Fsp3) is 0.857. The summed E-state index contributed by atoms with van der Waals surface area (Å²) in [4.78, 5) is 13.2. The average Bonchev–Trinajstić information content (AvgIpc) is 3.08. The highest BCUT2D eigenvalue weighted by Gasteiger charge is 2.80. The quantitative estimate of drug-likeness (QED) is 0.536. The highest BCUT2D eigenvalue weighted by atomic mass is 16.8. The Hall–Kier alpha value is -0.950. The van der Waals surface area contributed by atoms with Crippen LogP contribution in [0.5, 0.6) is 0 Å². The fourth-order valence-electron chi connectivity index (χ4n) is 7.65. The standard InChI is InChI=1S/C21H30O6/c1-10-11-5-6-12-20(9-11,15(10)23)17(24)27-18-21(12)13(22)7-8-19(2,3)14(21)16(25-4)26-18/h11-16,18,22-23H,1,5-9H2,2-4H3. The molecule has 150 valence electrons. The van der Waals surface area contributed by atoms with Gasteiger partial charge in [-0.15, -0.1) is 0 Å². The Morgan fingerprint density at radius 2 is 1.96 bits per heavy atom. The Morgan fingerprint density at radius 3 is 2.67 bits per heavy atom. The topological polar surface area (TPSA) is 85.2 Å². The molecule has 2 bridgehead atoms. The molecule has 9 unspecified atom stereocenters. The number of aliphatic hydroxyl groups excluding tert-OH is 2. The molecular weight excluding hydrogens is 348 g/mol. The first-order valence-corrected chi connectivity index (χ1v) is 10.2. The molecule has 2 saturated heterocycles. The second-order valence-corrected chi connectivity index (χ2v) is 10.0. The Kier molecular flexibility index (Phi) is 3.59. The average molecular weight is 378 g/mol. The van der Waals surface area contributed by atoms with Crippen LogP contribution in [0, 0.1) is 34.0 Å². The Balaban J connectivity index is 1.73. The minimum absolute atomic E-state index is 0.114. The summed E-state index contributed by atoms with van der Waals surface area (Å²) in [6, 6.07) is 0. The van der Waals surface area contributed by atoms with Crippen molar-refractivity contribution in [2.75, 3.05) is 7.11 Å². The largest absolute Gasteiger partial charge is 0.434 e. The van der Waals surface area contributed by atoms with Crippen molar-refractivity contribution in [3.8, 4) is 0 Å². The van der Waals surface area contributed by atoms with E-state index in [0.717, 1.165) is 24.8 Å². The van der Waals surface area contributed by atoms with E-state index in [-0.39, 0.29) is 23.2 Å². The minimum Gasteiger partial charge on any atom is -0.434 e. The van der Waals surface area contributed by atoms with Crippen LogP contribution in [-0.2, 0) is 19.0 Å². The summed E-state index contributed by atoms with van der Waals surface area (Å²) >= 11 is 0. The van der Waals surface area contributed by atoms with Crippen LogP contribution in [0.4, 0.5) is 0 Å². The maximum atomic E-state index is 13.2. The maximum absolute atomic E-state index is 13.2. The predicted molar refractivity (Wildman–Crippen MR) is 95.1 cm³/mol. The van der Waals surface area contributed by atoms with Crippen LogP contribution in [0.1, 0.15) is 46.0 Å². The van der Waals surface area contributed by atoms with E-state index in [1.54, 1.807) is 7.11 Å². The van der Waals surface area contributed by atoms with Crippen molar-refractivity contribution in [2.45, 2.75) is 70.7 Å². The van der Waals surface area contributed by atoms with Crippen molar-refractivity contribution in [1.82, 2.24) is 0 Å². The molecule has 2 N–H and O–H groups in total. The molecule has 0 radical (unpaired) electrons. The molecule has 2 aliphatic heterocycles. The third-order valence-electron chi connectivity index (χ3n) is 8.76. The van der Waals surface area contributed by atoms with E-state index < -0.39 is 41.6 Å². The molecule has 5 aliphatic rings. The van der Waals surface area contributed by atoms with E-state index in [2.05, 4.69) is 20.4 Å². The monoisotopic (exact) mass is 378 g/mol.